The van der Waals surface area contributed by atoms with Gasteiger partial charge < -0.3 is 14.6 Å². The van der Waals surface area contributed by atoms with Crippen molar-refractivity contribution in [3.05, 3.63) is 11.7 Å². The molecule has 0 spiro atoms. The van der Waals surface area contributed by atoms with E-state index in [4.69, 9.17) is 9.26 Å². The van der Waals surface area contributed by atoms with E-state index in [0.717, 1.165) is 31.7 Å². The lowest BCUT2D eigenvalue weighted by molar-refractivity contribution is -0.0419. The van der Waals surface area contributed by atoms with Crippen LogP contribution in [0.2, 0.25) is 0 Å². The summed E-state index contributed by atoms with van der Waals surface area (Å²) >= 11 is 0. The first-order valence-corrected chi connectivity index (χ1v) is 5.89. The zero-order valence-corrected chi connectivity index (χ0v) is 9.90. The van der Waals surface area contributed by atoms with Crippen LogP contribution in [-0.4, -0.2) is 29.8 Å². The van der Waals surface area contributed by atoms with E-state index in [1.54, 1.807) is 0 Å². The van der Waals surface area contributed by atoms with Crippen LogP contribution in [0.25, 0.3) is 0 Å². The van der Waals surface area contributed by atoms with Crippen molar-refractivity contribution in [2.24, 2.45) is 5.92 Å². The first-order valence-electron chi connectivity index (χ1n) is 5.89. The van der Waals surface area contributed by atoms with E-state index in [2.05, 4.69) is 15.5 Å². The molecule has 1 saturated carbocycles. The van der Waals surface area contributed by atoms with E-state index in [1.807, 2.05) is 14.0 Å². The number of rotatable bonds is 6. The maximum Gasteiger partial charge on any atom is 0.226 e. The van der Waals surface area contributed by atoms with E-state index in [-0.39, 0.29) is 0 Å². The second-order valence-corrected chi connectivity index (χ2v) is 4.29. The lowest BCUT2D eigenvalue weighted by Crippen LogP contribution is -2.36. The average molecular weight is 225 g/mol. The van der Waals surface area contributed by atoms with Crippen LogP contribution in [-0.2, 0) is 17.8 Å². The third kappa shape index (κ3) is 2.80. The molecule has 1 aliphatic carbocycles. The Morgan fingerprint density at radius 2 is 2.31 bits per heavy atom. The van der Waals surface area contributed by atoms with Crippen LogP contribution >= 0.6 is 0 Å². The molecule has 0 radical (unpaired) electrons. The summed E-state index contributed by atoms with van der Waals surface area (Å²) < 4.78 is 10.7. The number of aryl methyl sites for hydroxylation is 1. The van der Waals surface area contributed by atoms with E-state index in [1.165, 1.54) is 0 Å². The van der Waals surface area contributed by atoms with Crippen LogP contribution in [0.5, 0.6) is 0 Å². The molecule has 16 heavy (non-hydrogen) atoms. The first-order chi connectivity index (χ1) is 7.81. The molecule has 0 saturated heterocycles. The maximum atomic E-state index is 5.69. The number of nitrogens with zero attached hydrogens (tertiary/aromatic N) is 2. The molecule has 5 nitrogen and oxygen atoms in total. The third-order valence-corrected chi connectivity index (χ3v) is 2.95. The summed E-state index contributed by atoms with van der Waals surface area (Å²) in [6.07, 6.45) is 3.43. The van der Waals surface area contributed by atoms with Crippen molar-refractivity contribution in [2.45, 2.75) is 38.9 Å². The molecule has 1 N–H and O–H groups in total. The van der Waals surface area contributed by atoms with Gasteiger partial charge in [0, 0.05) is 6.42 Å². The van der Waals surface area contributed by atoms with Gasteiger partial charge in [0.2, 0.25) is 5.89 Å². The van der Waals surface area contributed by atoms with Gasteiger partial charge in [0.25, 0.3) is 0 Å². The molecule has 5 heteroatoms. The SMILES string of the molecule is CCc1nc(COC2CC(CNC)C2)no1. The van der Waals surface area contributed by atoms with Gasteiger partial charge in [0.05, 0.1) is 6.10 Å². The van der Waals surface area contributed by atoms with Crippen LogP contribution in [0.4, 0.5) is 0 Å². The molecule has 1 aliphatic rings. The van der Waals surface area contributed by atoms with Gasteiger partial charge in [-0.3, -0.25) is 0 Å². The minimum atomic E-state index is 0.377. The smallest absolute Gasteiger partial charge is 0.226 e. The highest BCUT2D eigenvalue weighted by molar-refractivity contribution is 4.86. The zero-order valence-electron chi connectivity index (χ0n) is 9.90. The minimum absolute atomic E-state index is 0.377. The van der Waals surface area contributed by atoms with Gasteiger partial charge in [-0.1, -0.05) is 12.1 Å². The largest absolute Gasteiger partial charge is 0.370 e. The highest BCUT2D eigenvalue weighted by Gasteiger charge is 2.29. The Kier molecular flexibility index (Phi) is 3.90. The molecule has 1 fully saturated rings. The topological polar surface area (TPSA) is 60.2 Å². The van der Waals surface area contributed by atoms with E-state index in [0.29, 0.717) is 24.4 Å². The summed E-state index contributed by atoms with van der Waals surface area (Å²) in [6.45, 7) is 3.55. The van der Waals surface area contributed by atoms with Gasteiger partial charge in [-0.2, -0.15) is 4.98 Å². The van der Waals surface area contributed by atoms with E-state index >= 15 is 0 Å². The van der Waals surface area contributed by atoms with Crippen molar-refractivity contribution >= 4 is 0 Å². The standard InChI is InChI=1S/C11H19N3O2/c1-3-11-13-10(14-16-11)7-15-9-4-8(5-9)6-12-2/h8-9,12H,3-7H2,1-2H3. The predicted octanol–water partition coefficient (Wildman–Crippen LogP) is 1.15. The van der Waals surface area contributed by atoms with Gasteiger partial charge in [-0.05, 0) is 32.4 Å². The molecule has 1 heterocycles. The molecule has 0 atom stereocenters. The fraction of sp³-hybridized carbons (Fsp3) is 0.818. The lowest BCUT2D eigenvalue weighted by Gasteiger charge is -2.34. The van der Waals surface area contributed by atoms with Crippen LogP contribution < -0.4 is 5.32 Å². The Labute approximate surface area is 95.6 Å². The van der Waals surface area contributed by atoms with Crippen LogP contribution in [0.1, 0.15) is 31.5 Å². The van der Waals surface area contributed by atoms with Crippen LogP contribution in [0.3, 0.4) is 0 Å². The monoisotopic (exact) mass is 225 g/mol. The molecule has 0 unspecified atom stereocenters. The van der Waals surface area contributed by atoms with Gasteiger partial charge in [-0.15, -0.1) is 0 Å². The summed E-state index contributed by atoms with van der Waals surface area (Å²) in [4.78, 5) is 4.20. The fourth-order valence-electron chi connectivity index (χ4n) is 1.95. The molecule has 1 aromatic heterocycles. The first kappa shape index (κ1) is 11.5. The maximum absolute atomic E-state index is 5.69. The highest BCUT2D eigenvalue weighted by Crippen LogP contribution is 2.29. The zero-order chi connectivity index (χ0) is 11.4. The Balaban J connectivity index is 1.65. The summed E-state index contributed by atoms with van der Waals surface area (Å²) in [5.74, 6) is 2.11. The average Bonchev–Trinajstić information content (AvgIpc) is 2.69. The molecule has 0 aromatic carbocycles. The summed E-state index contributed by atoms with van der Waals surface area (Å²) in [5.41, 5.74) is 0. The van der Waals surface area contributed by atoms with Crippen molar-refractivity contribution in [2.75, 3.05) is 13.6 Å². The Bertz CT molecular complexity index is 321. The Hall–Kier alpha value is -0.940. The second kappa shape index (κ2) is 5.41. The molecule has 0 aliphatic heterocycles. The molecule has 2 rings (SSSR count). The van der Waals surface area contributed by atoms with Gasteiger partial charge in [-0.25, -0.2) is 0 Å². The molecular formula is C11H19N3O2. The third-order valence-electron chi connectivity index (χ3n) is 2.95. The molecular weight excluding hydrogens is 206 g/mol. The fourth-order valence-corrected chi connectivity index (χ4v) is 1.95. The van der Waals surface area contributed by atoms with Crippen molar-refractivity contribution < 1.29 is 9.26 Å². The highest BCUT2D eigenvalue weighted by atomic mass is 16.5. The van der Waals surface area contributed by atoms with Crippen molar-refractivity contribution in [1.29, 1.82) is 0 Å². The molecule has 1 aromatic rings. The number of aromatic nitrogens is 2. The number of ether oxygens (including phenoxy) is 1. The molecule has 0 amide bonds. The Morgan fingerprint density at radius 3 is 2.94 bits per heavy atom. The molecule has 90 valence electrons. The lowest BCUT2D eigenvalue weighted by atomic mass is 9.82. The van der Waals surface area contributed by atoms with E-state index < -0.39 is 0 Å². The van der Waals surface area contributed by atoms with Crippen molar-refractivity contribution in [1.82, 2.24) is 15.5 Å². The van der Waals surface area contributed by atoms with Crippen LogP contribution in [0.15, 0.2) is 4.52 Å². The number of hydrogen-bond donors (Lipinski definition) is 1. The summed E-state index contributed by atoms with van der Waals surface area (Å²) in [5, 5.41) is 7.03. The van der Waals surface area contributed by atoms with Crippen molar-refractivity contribution in [3.8, 4) is 0 Å². The van der Waals surface area contributed by atoms with Gasteiger partial charge in [0.1, 0.15) is 6.61 Å². The predicted molar refractivity (Wildman–Crippen MR) is 58.9 cm³/mol. The number of nitrogens with one attached hydrogen (secondary N) is 1. The Morgan fingerprint density at radius 1 is 1.50 bits per heavy atom. The van der Waals surface area contributed by atoms with Gasteiger partial charge in [0.15, 0.2) is 5.82 Å². The summed E-state index contributed by atoms with van der Waals surface area (Å²) in [6, 6.07) is 0. The summed E-state index contributed by atoms with van der Waals surface area (Å²) in [7, 11) is 1.99. The normalized spacial score (nSPS) is 24.4. The minimum Gasteiger partial charge on any atom is -0.370 e. The van der Waals surface area contributed by atoms with E-state index in [9.17, 15) is 0 Å². The van der Waals surface area contributed by atoms with Crippen molar-refractivity contribution in [3.63, 3.8) is 0 Å². The van der Waals surface area contributed by atoms with Crippen LogP contribution in [0, 0.1) is 5.92 Å². The second-order valence-electron chi connectivity index (χ2n) is 4.29. The quantitative estimate of drug-likeness (QED) is 0.787. The number of hydrogen-bond acceptors (Lipinski definition) is 5. The van der Waals surface area contributed by atoms with Gasteiger partial charge >= 0.3 is 0 Å². The molecule has 0 bridgehead atoms.